The minimum Gasteiger partial charge on any atom is -0.495 e. The number of sulfonamides is 1. The van der Waals surface area contributed by atoms with Gasteiger partial charge in [-0.2, -0.15) is 4.31 Å². The fourth-order valence-corrected chi connectivity index (χ4v) is 3.57. The summed E-state index contributed by atoms with van der Waals surface area (Å²) in [6.07, 6.45) is 4.59. The first-order valence-corrected chi connectivity index (χ1v) is 7.55. The fourth-order valence-electron chi connectivity index (χ4n) is 2.03. The van der Waals surface area contributed by atoms with Gasteiger partial charge >= 0.3 is 0 Å². The summed E-state index contributed by atoms with van der Waals surface area (Å²) in [6, 6.07) is 4.95. The summed E-state index contributed by atoms with van der Waals surface area (Å²) in [5.74, 6) is 0.345. The lowest BCUT2D eigenvalue weighted by Crippen LogP contribution is -2.34. The maximum absolute atomic E-state index is 12.5. The van der Waals surface area contributed by atoms with Gasteiger partial charge in [0.2, 0.25) is 10.0 Å². The Morgan fingerprint density at radius 2 is 2.16 bits per heavy atom. The van der Waals surface area contributed by atoms with Crippen molar-refractivity contribution in [2.24, 2.45) is 5.73 Å². The molecule has 5 nitrogen and oxygen atoms in total. The molecule has 0 bridgehead atoms. The summed E-state index contributed by atoms with van der Waals surface area (Å²) >= 11 is 0. The number of hydrogen-bond acceptors (Lipinski definition) is 4. The summed E-state index contributed by atoms with van der Waals surface area (Å²) < 4.78 is 31.7. The van der Waals surface area contributed by atoms with Crippen LogP contribution in [0.15, 0.2) is 35.2 Å². The SMILES string of the molecule is COc1cc(CN)ccc1S(=O)(=O)N1CC=CCC1. The largest absolute Gasteiger partial charge is 0.495 e. The Morgan fingerprint density at radius 1 is 1.37 bits per heavy atom. The zero-order valence-corrected chi connectivity index (χ0v) is 11.7. The Kier molecular flexibility index (Phi) is 4.24. The highest BCUT2D eigenvalue weighted by molar-refractivity contribution is 7.89. The van der Waals surface area contributed by atoms with Gasteiger partial charge in [0.1, 0.15) is 10.6 Å². The molecule has 1 aromatic carbocycles. The third-order valence-electron chi connectivity index (χ3n) is 3.10. The fraction of sp³-hybridized carbons (Fsp3) is 0.385. The molecule has 2 rings (SSSR count). The molecule has 1 aliphatic heterocycles. The lowest BCUT2D eigenvalue weighted by Gasteiger charge is -2.23. The van der Waals surface area contributed by atoms with Gasteiger partial charge in [-0.15, -0.1) is 0 Å². The van der Waals surface area contributed by atoms with E-state index in [9.17, 15) is 8.42 Å². The van der Waals surface area contributed by atoms with Crippen LogP contribution in [0, 0.1) is 0 Å². The second kappa shape index (κ2) is 5.73. The Labute approximate surface area is 113 Å². The van der Waals surface area contributed by atoms with Crippen molar-refractivity contribution in [3.63, 3.8) is 0 Å². The van der Waals surface area contributed by atoms with Crippen molar-refractivity contribution < 1.29 is 13.2 Å². The summed E-state index contributed by atoms with van der Waals surface area (Å²) in [5.41, 5.74) is 6.39. The zero-order chi connectivity index (χ0) is 13.9. The number of benzene rings is 1. The smallest absolute Gasteiger partial charge is 0.247 e. The molecule has 1 heterocycles. The molecule has 19 heavy (non-hydrogen) atoms. The van der Waals surface area contributed by atoms with E-state index < -0.39 is 10.0 Å². The normalized spacial score (nSPS) is 16.5. The van der Waals surface area contributed by atoms with E-state index in [1.54, 1.807) is 18.2 Å². The molecule has 1 aromatic rings. The molecule has 1 aliphatic rings. The molecule has 0 radical (unpaired) electrons. The summed E-state index contributed by atoms with van der Waals surface area (Å²) in [7, 11) is -2.05. The van der Waals surface area contributed by atoms with Crippen molar-refractivity contribution >= 4 is 10.0 Å². The van der Waals surface area contributed by atoms with Crippen LogP contribution in [0.4, 0.5) is 0 Å². The number of methoxy groups -OCH3 is 1. The maximum atomic E-state index is 12.5. The molecule has 0 saturated heterocycles. The van der Waals surface area contributed by atoms with E-state index >= 15 is 0 Å². The second-order valence-corrected chi connectivity index (χ2v) is 6.22. The molecule has 0 saturated carbocycles. The van der Waals surface area contributed by atoms with Crippen LogP contribution in [0.5, 0.6) is 5.75 Å². The second-order valence-electron chi connectivity index (χ2n) is 4.31. The maximum Gasteiger partial charge on any atom is 0.247 e. The van der Waals surface area contributed by atoms with E-state index in [2.05, 4.69) is 0 Å². The van der Waals surface area contributed by atoms with E-state index in [0.29, 0.717) is 25.4 Å². The topological polar surface area (TPSA) is 72.6 Å². The monoisotopic (exact) mass is 282 g/mol. The molecule has 0 atom stereocenters. The Morgan fingerprint density at radius 3 is 2.74 bits per heavy atom. The molecule has 104 valence electrons. The van der Waals surface area contributed by atoms with Crippen molar-refractivity contribution in [1.82, 2.24) is 4.31 Å². The molecule has 0 unspecified atom stereocenters. The highest BCUT2D eigenvalue weighted by Crippen LogP contribution is 2.28. The van der Waals surface area contributed by atoms with E-state index in [4.69, 9.17) is 10.5 Å². The van der Waals surface area contributed by atoms with E-state index in [1.807, 2.05) is 12.2 Å². The van der Waals surface area contributed by atoms with Crippen molar-refractivity contribution in [2.45, 2.75) is 17.9 Å². The van der Waals surface area contributed by atoms with Gasteiger partial charge in [-0.1, -0.05) is 18.2 Å². The molecule has 6 heteroatoms. The predicted octanol–water partition coefficient (Wildman–Crippen LogP) is 1.10. The molecular weight excluding hydrogens is 264 g/mol. The van der Waals surface area contributed by atoms with Crippen LogP contribution in [0.1, 0.15) is 12.0 Å². The van der Waals surface area contributed by atoms with Gasteiger partial charge in [0.25, 0.3) is 0 Å². The first-order valence-electron chi connectivity index (χ1n) is 6.11. The van der Waals surface area contributed by atoms with Gasteiger partial charge in [0, 0.05) is 19.6 Å². The molecule has 0 aliphatic carbocycles. The first kappa shape index (κ1) is 14.0. The van der Waals surface area contributed by atoms with Gasteiger partial charge in [-0.3, -0.25) is 0 Å². The summed E-state index contributed by atoms with van der Waals surface area (Å²) in [5, 5.41) is 0. The molecule has 0 aromatic heterocycles. The average molecular weight is 282 g/mol. The number of nitrogens with two attached hydrogens (primary N) is 1. The molecule has 0 spiro atoms. The summed E-state index contributed by atoms with van der Waals surface area (Å²) in [6.45, 7) is 1.26. The number of ether oxygens (including phenoxy) is 1. The minimum atomic E-state index is -3.51. The van der Waals surface area contributed by atoms with Gasteiger partial charge < -0.3 is 10.5 Å². The zero-order valence-electron chi connectivity index (χ0n) is 10.9. The van der Waals surface area contributed by atoms with Gasteiger partial charge in [0.15, 0.2) is 0 Å². The average Bonchev–Trinajstić information content (AvgIpc) is 2.47. The standard InChI is InChI=1S/C13H18N2O3S/c1-18-12-9-11(10-14)5-6-13(12)19(16,17)15-7-3-2-4-8-15/h2-3,5-6,9H,4,7-8,10,14H2,1H3. The molecule has 2 N–H and O–H groups in total. The third kappa shape index (κ3) is 2.80. The lowest BCUT2D eigenvalue weighted by atomic mass is 10.2. The van der Waals surface area contributed by atoms with Crippen LogP contribution in [0.25, 0.3) is 0 Å². The van der Waals surface area contributed by atoms with Crippen LogP contribution in [-0.4, -0.2) is 32.9 Å². The van der Waals surface area contributed by atoms with Crippen LogP contribution in [0.3, 0.4) is 0 Å². The number of hydrogen-bond donors (Lipinski definition) is 1. The van der Waals surface area contributed by atoms with Gasteiger partial charge in [0.05, 0.1) is 7.11 Å². The van der Waals surface area contributed by atoms with Crippen molar-refractivity contribution in [3.05, 3.63) is 35.9 Å². The molecule has 0 fully saturated rings. The van der Waals surface area contributed by atoms with Gasteiger partial charge in [-0.05, 0) is 24.1 Å². The quantitative estimate of drug-likeness (QED) is 0.840. The Bertz CT molecular complexity index is 582. The first-order chi connectivity index (χ1) is 9.09. The lowest BCUT2D eigenvalue weighted by molar-refractivity contribution is 0.394. The van der Waals surface area contributed by atoms with E-state index in [0.717, 1.165) is 12.0 Å². The molecule has 0 amide bonds. The van der Waals surface area contributed by atoms with Crippen LogP contribution in [-0.2, 0) is 16.6 Å². The van der Waals surface area contributed by atoms with E-state index in [-0.39, 0.29) is 4.90 Å². The van der Waals surface area contributed by atoms with Crippen molar-refractivity contribution in [1.29, 1.82) is 0 Å². The Balaban J connectivity index is 2.42. The predicted molar refractivity (Wildman–Crippen MR) is 73.4 cm³/mol. The number of rotatable bonds is 4. The van der Waals surface area contributed by atoms with Crippen molar-refractivity contribution in [2.75, 3.05) is 20.2 Å². The molecular formula is C13H18N2O3S. The van der Waals surface area contributed by atoms with Crippen LogP contribution < -0.4 is 10.5 Å². The van der Waals surface area contributed by atoms with Crippen molar-refractivity contribution in [3.8, 4) is 5.75 Å². The highest BCUT2D eigenvalue weighted by atomic mass is 32.2. The summed E-state index contributed by atoms with van der Waals surface area (Å²) in [4.78, 5) is 0.197. The Hall–Kier alpha value is -1.37. The minimum absolute atomic E-state index is 0.197. The number of nitrogens with zero attached hydrogens (tertiary/aromatic N) is 1. The highest BCUT2D eigenvalue weighted by Gasteiger charge is 2.27. The van der Waals surface area contributed by atoms with E-state index in [1.165, 1.54) is 11.4 Å². The van der Waals surface area contributed by atoms with Crippen LogP contribution in [0.2, 0.25) is 0 Å². The van der Waals surface area contributed by atoms with Crippen LogP contribution >= 0.6 is 0 Å². The third-order valence-corrected chi connectivity index (χ3v) is 5.01. The van der Waals surface area contributed by atoms with Gasteiger partial charge in [-0.25, -0.2) is 8.42 Å².